The molecular formula is C7H3BrClNOS. The molecule has 2 aromatic heterocycles. The van der Waals surface area contributed by atoms with Gasteiger partial charge in [-0.1, -0.05) is 11.6 Å². The molecule has 0 aromatic carbocycles. The van der Waals surface area contributed by atoms with E-state index in [4.69, 9.17) is 11.6 Å². The molecule has 2 nitrogen and oxygen atoms in total. The van der Waals surface area contributed by atoms with E-state index in [1.807, 2.05) is 6.07 Å². The number of nitrogens with zero attached hydrogens (tertiary/aromatic N) is 1. The minimum Gasteiger partial charge on any atom is -0.505 e. The summed E-state index contributed by atoms with van der Waals surface area (Å²) in [6.07, 6.45) is 1.35. The fourth-order valence-electron chi connectivity index (χ4n) is 0.950. The molecule has 0 saturated heterocycles. The maximum absolute atomic E-state index is 9.38. The van der Waals surface area contributed by atoms with Crippen molar-refractivity contribution in [1.29, 1.82) is 0 Å². The summed E-state index contributed by atoms with van der Waals surface area (Å²) >= 11 is 10.6. The lowest BCUT2D eigenvalue weighted by Crippen LogP contribution is -1.73. The summed E-state index contributed by atoms with van der Waals surface area (Å²) in [7, 11) is 0. The number of fused-ring (bicyclic) bond motifs is 1. The average molecular weight is 265 g/mol. The first-order valence-electron chi connectivity index (χ1n) is 3.11. The number of hydrogen-bond donors (Lipinski definition) is 1. The molecule has 0 aliphatic carbocycles. The Morgan fingerprint density at radius 2 is 2.33 bits per heavy atom. The third-order valence-corrected chi connectivity index (χ3v) is 3.42. The van der Waals surface area contributed by atoms with Gasteiger partial charge in [0.2, 0.25) is 0 Å². The molecule has 0 unspecified atom stereocenters. The van der Waals surface area contributed by atoms with E-state index in [-0.39, 0.29) is 5.75 Å². The fraction of sp³-hybridized carbons (Fsp3) is 0. The number of aromatic hydroxyl groups is 1. The molecule has 62 valence electrons. The van der Waals surface area contributed by atoms with Crippen LogP contribution in [0.25, 0.3) is 10.1 Å². The first-order valence-corrected chi connectivity index (χ1v) is 5.10. The van der Waals surface area contributed by atoms with E-state index in [0.29, 0.717) is 5.15 Å². The highest BCUT2D eigenvalue weighted by Gasteiger charge is 2.08. The highest BCUT2D eigenvalue weighted by Crippen LogP contribution is 2.37. The quantitative estimate of drug-likeness (QED) is 0.740. The molecule has 0 amide bonds. The predicted molar refractivity (Wildman–Crippen MR) is 54.0 cm³/mol. The number of aromatic nitrogens is 1. The van der Waals surface area contributed by atoms with Crippen LogP contribution < -0.4 is 0 Å². The van der Waals surface area contributed by atoms with Gasteiger partial charge in [0.1, 0.15) is 5.15 Å². The molecular weight excluding hydrogens is 262 g/mol. The van der Waals surface area contributed by atoms with Gasteiger partial charge in [-0.05, 0) is 22.0 Å². The molecule has 0 radical (unpaired) electrons. The van der Waals surface area contributed by atoms with Gasteiger partial charge in [-0.25, -0.2) is 4.98 Å². The van der Waals surface area contributed by atoms with Gasteiger partial charge in [0, 0.05) is 5.39 Å². The van der Waals surface area contributed by atoms with E-state index in [2.05, 4.69) is 20.9 Å². The molecule has 2 aromatic rings. The second-order valence-corrected chi connectivity index (χ2v) is 5.02. The highest BCUT2D eigenvalue weighted by atomic mass is 79.9. The highest BCUT2D eigenvalue weighted by molar-refractivity contribution is 9.11. The van der Waals surface area contributed by atoms with Gasteiger partial charge >= 0.3 is 0 Å². The zero-order chi connectivity index (χ0) is 8.72. The molecule has 0 bridgehead atoms. The Hall–Kier alpha value is -0.320. The van der Waals surface area contributed by atoms with Crippen LogP contribution in [0.1, 0.15) is 0 Å². The van der Waals surface area contributed by atoms with E-state index in [9.17, 15) is 5.11 Å². The SMILES string of the molecule is Oc1cnc(Cl)c2cc(Br)sc12. The zero-order valence-corrected chi connectivity index (χ0v) is 8.87. The lowest BCUT2D eigenvalue weighted by molar-refractivity contribution is 0.480. The second-order valence-electron chi connectivity index (χ2n) is 2.23. The van der Waals surface area contributed by atoms with Gasteiger partial charge in [0.25, 0.3) is 0 Å². The van der Waals surface area contributed by atoms with E-state index < -0.39 is 0 Å². The smallest absolute Gasteiger partial charge is 0.151 e. The van der Waals surface area contributed by atoms with Crippen LogP contribution in [0.15, 0.2) is 16.0 Å². The van der Waals surface area contributed by atoms with Crippen LogP contribution in [0.3, 0.4) is 0 Å². The number of pyridine rings is 1. The van der Waals surface area contributed by atoms with Crippen LogP contribution in [0.4, 0.5) is 0 Å². The van der Waals surface area contributed by atoms with Crippen molar-refractivity contribution in [3.05, 3.63) is 21.2 Å². The van der Waals surface area contributed by atoms with Crippen LogP contribution in [-0.2, 0) is 0 Å². The van der Waals surface area contributed by atoms with Crippen LogP contribution in [0, 0.1) is 0 Å². The minimum absolute atomic E-state index is 0.171. The van der Waals surface area contributed by atoms with Gasteiger partial charge in [0.05, 0.1) is 14.7 Å². The molecule has 0 aliphatic rings. The van der Waals surface area contributed by atoms with Gasteiger partial charge in [-0.15, -0.1) is 11.3 Å². The topological polar surface area (TPSA) is 33.1 Å². The Bertz CT molecular complexity index is 403. The maximum atomic E-state index is 9.38. The number of rotatable bonds is 0. The van der Waals surface area contributed by atoms with Crippen molar-refractivity contribution >= 4 is 49.0 Å². The monoisotopic (exact) mass is 263 g/mol. The van der Waals surface area contributed by atoms with Crippen LogP contribution in [0.5, 0.6) is 5.75 Å². The number of hydrogen-bond acceptors (Lipinski definition) is 3. The average Bonchev–Trinajstić information content (AvgIpc) is 2.41. The van der Waals surface area contributed by atoms with Crippen LogP contribution in [0.2, 0.25) is 5.15 Å². The molecule has 12 heavy (non-hydrogen) atoms. The molecule has 0 atom stereocenters. The second kappa shape index (κ2) is 2.87. The van der Waals surface area contributed by atoms with Gasteiger partial charge in [-0.3, -0.25) is 0 Å². The van der Waals surface area contributed by atoms with Gasteiger partial charge in [0.15, 0.2) is 5.75 Å². The molecule has 0 spiro atoms. The van der Waals surface area contributed by atoms with E-state index in [1.54, 1.807) is 0 Å². The summed E-state index contributed by atoms with van der Waals surface area (Å²) in [5.41, 5.74) is 0. The van der Waals surface area contributed by atoms with Crippen molar-refractivity contribution in [1.82, 2.24) is 4.98 Å². The first kappa shape index (κ1) is 8.29. The lowest BCUT2D eigenvalue weighted by atomic mass is 10.3. The Kier molecular flexibility index (Phi) is 1.98. The van der Waals surface area contributed by atoms with Crippen LogP contribution >= 0.6 is 38.9 Å². The van der Waals surface area contributed by atoms with Crippen molar-refractivity contribution in [2.24, 2.45) is 0 Å². The summed E-state index contributed by atoms with van der Waals surface area (Å²) in [6.45, 7) is 0. The van der Waals surface area contributed by atoms with E-state index in [0.717, 1.165) is 13.9 Å². The normalized spacial score (nSPS) is 10.8. The largest absolute Gasteiger partial charge is 0.505 e. The molecule has 0 fully saturated rings. The summed E-state index contributed by atoms with van der Waals surface area (Å²) in [5, 5.41) is 10.6. The van der Waals surface area contributed by atoms with Crippen molar-refractivity contribution in [3.8, 4) is 5.75 Å². The molecule has 0 aliphatic heterocycles. The molecule has 0 saturated carbocycles. The third-order valence-electron chi connectivity index (χ3n) is 1.46. The van der Waals surface area contributed by atoms with E-state index >= 15 is 0 Å². The summed E-state index contributed by atoms with van der Waals surface area (Å²) in [6, 6.07) is 1.84. The Balaban J connectivity index is 2.93. The molecule has 5 heteroatoms. The zero-order valence-electron chi connectivity index (χ0n) is 5.71. The van der Waals surface area contributed by atoms with Crippen molar-refractivity contribution in [2.45, 2.75) is 0 Å². The standard InChI is InChI=1S/C7H3BrClNOS/c8-5-1-3-6(12-5)4(11)2-10-7(3)9/h1-2,11H. The van der Waals surface area contributed by atoms with E-state index in [1.165, 1.54) is 17.5 Å². The van der Waals surface area contributed by atoms with Crippen molar-refractivity contribution in [3.63, 3.8) is 0 Å². The minimum atomic E-state index is 0.171. The summed E-state index contributed by atoms with van der Waals surface area (Å²) in [5.74, 6) is 0.171. The third kappa shape index (κ3) is 1.20. The van der Waals surface area contributed by atoms with Crippen molar-refractivity contribution in [2.75, 3.05) is 0 Å². The number of halogens is 2. The molecule has 2 heterocycles. The first-order chi connectivity index (χ1) is 5.68. The van der Waals surface area contributed by atoms with Gasteiger partial charge in [-0.2, -0.15) is 0 Å². The van der Waals surface area contributed by atoms with Crippen LogP contribution in [-0.4, -0.2) is 10.1 Å². The maximum Gasteiger partial charge on any atom is 0.151 e. The van der Waals surface area contributed by atoms with Gasteiger partial charge < -0.3 is 5.11 Å². The number of thiophene rings is 1. The summed E-state index contributed by atoms with van der Waals surface area (Å²) in [4.78, 5) is 3.82. The van der Waals surface area contributed by atoms with Crippen molar-refractivity contribution < 1.29 is 5.11 Å². The predicted octanol–water partition coefficient (Wildman–Crippen LogP) is 3.42. The lowest BCUT2D eigenvalue weighted by Gasteiger charge is -1.93. The fourth-order valence-corrected chi connectivity index (χ4v) is 2.71. The Labute approximate surface area is 85.9 Å². The Morgan fingerprint density at radius 1 is 1.58 bits per heavy atom. The Morgan fingerprint density at radius 3 is 3.00 bits per heavy atom. The molecule has 1 N–H and O–H groups in total. The summed E-state index contributed by atoms with van der Waals surface area (Å²) < 4.78 is 1.70. The molecule has 2 rings (SSSR count).